The highest BCUT2D eigenvalue weighted by molar-refractivity contribution is 5.60. The minimum Gasteiger partial charge on any atom is -0.490 e. The molecule has 3 heteroatoms. The van der Waals surface area contributed by atoms with E-state index in [-0.39, 0.29) is 0 Å². The van der Waals surface area contributed by atoms with Crippen molar-refractivity contribution in [2.24, 2.45) is 0 Å². The van der Waals surface area contributed by atoms with Crippen molar-refractivity contribution in [1.29, 1.82) is 0 Å². The summed E-state index contributed by atoms with van der Waals surface area (Å²) in [4.78, 5) is 2.46. The van der Waals surface area contributed by atoms with Crippen LogP contribution < -0.4 is 9.47 Å². The molecule has 0 radical (unpaired) electrons. The highest BCUT2D eigenvalue weighted by Gasteiger charge is 2.21. The molecule has 17 heavy (non-hydrogen) atoms. The van der Waals surface area contributed by atoms with E-state index in [4.69, 9.17) is 9.47 Å². The van der Waals surface area contributed by atoms with Gasteiger partial charge in [-0.1, -0.05) is 13.0 Å². The van der Waals surface area contributed by atoms with E-state index in [9.17, 15) is 0 Å². The monoisotopic (exact) mass is 235 g/mol. The second-order valence-corrected chi connectivity index (χ2v) is 4.57. The Balaban J connectivity index is 0.000000128. The first-order chi connectivity index (χ1) is 8.26. The van der Waals surface area contributed by atoms with Crippen molar-refractivity contribution < 1.29 is 9.47 Å². The topological polar surface area (TPSA) is 21.7 Å². The fourth-order valence-corrected chi connectivity index (χ4v) is 2.42. The van der Waals surface area contributed by atoms with Crippen molar-refractivity contribution in [3.8, 4) is 17.2 Å². The van der Waals surface area contributed by atoms with Gasteiger partial charge in [0, 0.05) is 6.04 Å². The van der Waals surface area contributed by atoms with Crippen LogP contribution >= 0.6 is 0 Å². The second kappa shape index (κ2) is 5.41. The first kappa shape index (κ1) is 12.2. The summed E-state index contributed by atoms with van der Waals surface area (Å²) in [7, 11) is 3.87. The molecule has 1 aromatic rings. The lowest BCUT2D eigenvalue weighted by Gasteiger charge is -2.21. The first-order valence-corrected chi connectivity index (χ1v) is 6.31. The zero-order chi connectivity index (χ0) is 12.3. The minimum absolute atomic E-state index is 0.843. The van der Waals surface area contributed by atoms with Gasteiger partial charge in [0.2, 0.25) is 5.75 Å². The van der Waals surface area contributed by atoms with Crippen LogP contribution in [-0.2, 0) is 0 Å². The van der Waals surface area contributed by atoms with Crippen molar-refractivity contribution in [1.82, 2.24) is 4.90 Å². The molecule has 3 aliphatic heterocycles. The molecule has 1 unspecified atom stereocenters. The van der Waals surface area contributed by atoms with E-state index in [1.165, 1.54) is 25.8 Å². The molecule has 0 amide bonds. The van der Waals surface area contributed by atoms with Gasteiger partial charge >= 0.3 is 0 Å². The highest BCUT2D eigenvalue weighted by Crippen LogP contribution is 2.48. The Morgan fingerprint density at radius 3 is 2.41 bits per heavy atom. The lowest BCUT2D eigenvalue weighted by Crippen LogP contribution is -2.23. The third-order valence-corrected chi connectivity index (χ3v) is 3.51. The molecule has 3 nitrogen and oxygen atoms in total. The van der Waals surface area contributed by atoms with Gasteiger partial charge in [0.05, 0.1) is 7.11 Å². The van der Waals surface area contributed by atoms with E-state index in [1.807, 2.05) is 18.2 Å². The molecule has 0 spiro atoms. The molecule has 1 atom stereocenters. The standard InChI is InChI=1S/C7H15N.C7H6O2/c1-3-7-5-4-6-8(7)2;1-8-7-5-3-2-4-6(7)9-5/h7H,3-6H2,1-2H3;2-4H,1H3. The largest absolute Gasteiger partial charge is 0.490 e. The molecule has 1 saturated heterocycles. The van der Waals surface area contributed by atoms with E-state index < -0.39 is 0 Å². The number of hydrogen-bond acceptors (Lipinski definition) is 3. The predicted octanol–water partition coefficient (Wildman–Crippen LogP) is 3.29. The van der Waals surface area contributed by atoms with Crippen molar-refractivity contribution in [2.45, 2.75) is 32.2 Å². The van der Waals surface area contributed by atoms with Crippen LogP contribution in [0, 0.1) is 0 Å². The molecular formula is C14H21NO2. The normalized spacial score (nSPS) is 21.0. The van der Waals surface area contributed by atoms with E-state index in [0.717, 1.165) is 23.3 Å². The van der Waals surface area contributed by atoms with Crippen LogP contribution in [0.15, 0.2) is 18.2 Å². The molecule has 94 valence electrons. The van der Waals surface area contributed by atoms with Gasteiger partial charge in [0.1, 0.15) is 0 Å². The maximum absolute atomic E-state index is 5.11. The molecule has 2 bridgehead atoms. The Morgan fingerprint density at radius 1 is 1.41 bits per heavy atom. The second-order valence-electron chi connectivity index (χ2n) is 4.57. The molecule has 0 aromatic heterocycles. The van der Waals surface area contributed by atoms with E-state index in [0.29, 0.717) is 0 Å². The van der Waals surface area contributed by atoms with Gasteiger partial charge in [0.25, 0.3) is 0 Å². The number of hydrogen-bond donors (Lipinski definition) is 0. The molecule has 3 heterocycles. The average Bonchev–Trinajstić information content (AvgIpc) is 2.77. The summed E-state index contributed by atoms with van der Waals surface area (Å²) in [6.07, 6.45) is 4.17. The van der Waals surface area contributed by atoms with Crippen LogP contribution in [0.5, 0.6) is 17.2 Å². The fraction of sp³-hybridized carbons (Fsp3) is 0.571. The van der Waals surface area contributed by atoms with Gasteiger partial charge in [-0.05, 0) is 45.0 Å². The third-order valence-electron chi connectivity index (χ3n) is 3.51. The summed E-state index contributed by atoms with van der Waals surface area (Å²) in [6, 6.07) is 6.60. The molecule has 0 aliphatic carbocycles. The Bertz CT molecular complexity index is 358. The number of rotatable bonds is 2. The van der Waals surface area contributed by atoms with E-state index >= 15 is 0 Å². The lowest BCUT2D eigenvalue weighted by atomic mass is 10.2. The Hall–Kier alpha value is -1.22. The molecule has 0 N–H and O–H groups in total. The van der Waals surface area contributed by atoms with Gasteiger partial charge in [-0.2, -0.15) is 0 Å². The third kappa shape index (κ3) is 2.55. The number of fused-ring (bicyclic) bond motifs is 2. The molecule has 1 aromatic carbocycles. The van der Waals surface area contributed by atoms with E-state index in [1.54, 1.807) is 7.11 Å². The zero-order valence-electron chi connectivity index (χ0n) is 10.9. The Labute approximate surface area is 103 Å². The average molecular weight is 235 g/mol. The van der Waals surface area contributed by atoms with Gasteiger partial charge in [-0.3, -0.25) is 0 Å². The molecule has 4 rings (SSSR count). The Morgan fingerprint density at radius 2 is 2.12 bits per heavy atom. The molecular weight excluding hydrogens is 214 g/mol. The Kier molecular flexibility index (Phi) is 3.89. The van der Waals surface area contributed by atoms with Crippen LogP contribution in [0.3, 0.4) is 0 Å². The smallest absolute Gasteiger partial charge is 0.204 e. The SMILES string of the molecule is CCC1CCCN1C.COc1c2cccc1O2. The number of likely N-dealkylation sites (tertiary alicyclic amines) is 1. The van der Waals surface area contributed by atoms with Crippen molar-refractivity contribution >= 4 is 0 Å². The van der Waals surface area contributed by atoms with Crippen molar-refractivity contribution in [3.05, 3.63) is 18.2 Å². The quantitative estimate of drug-likeness (QED) is 0.797. The summed E-state index contributed by atoms with van der Waals surface area (Å²) in [6.45, 7) is 3.59. The van der Waals surface area contributed by atoms with Crippen LogP contribution in [-0.4, -0.2) is 31.6 Å². The molecule has 1 fully saturated rings. The van der Waals surface area contributed by atoms with Gasteiger partial charge in [-0.15, -0.1) is 0 Å². The fourth-order valence-electron chi connectivity index (χ4n) is 2.42. The molecule has 0 saturated carbocycles. The van der Waals surface area contributed by atoms with Gasteiger partial charge < -0.3 is 14.4 Å². The highest BCUT2D eigenvalue weighted by atomic mass is 16.6. The van der Waals surface area contributed by atoms with Gasteiger partial charge in [-0.25, -0.2) is 0 Å². The predicted molar refractivity (Wildman–Crippen MR) is 69.0 cm³/mol. The van der Waals surface area contributed by atoms with Crippen LogP contribution in [0.4, 0.5) is 0 Å². The summed E-state index contributed by atoms with van der Waals surface area (Å²) in [5, 5.41) is 0. The van der Waals surface area contributed by atoms with Crippen molar-refractivity contribution in [2.75, 3.05) is 20.7 Å². The summed E-state index contributed by atoms with van der Waals surface area (Å²) < 4.78 is 10.1. The first-order valence-electron chi connectivity index (χ1n) is 6.31. The number of ether oxygens (including phenoxy) is 2. The van der Waals surface area contributed by atoms with Crippen molar-refractivity contribution in [3.63, 3.8) is 0 Å². The number of para-hydroxylation sites is 1. The lowest BCUT2D eigenvalue weighted by molar-refractivity contribution is 0.304. The zero-order valence-corrected chi connectivity index (χ0v) is 10.9. The van der Waals surface area contributed by atoms with Crippen LogP contribution in [0.25, 0.3) is 0 Å². The van der Waals surface area contributed by atoms with E-state index in [2.05, 4.69) is 18.9 Å². The number of benzene rings is 1. The summed E-state index contributed by atoms with van der Waals surface area (Å²) in [5.74, 6) is 2.56. The van der Waals surface area contributed by atoms with Crippen LogP contribution in [0.2, 0.25) is 0 Å². The minimum atomic E-state index is 0.843. The number of methoxy groups -OCH3 is 1. The summed E-state index contributed by atoms with van der Waals surface area (Å²) >= 11 is 0. The molecule has 3 aliphatic rings. The summed E-state index contributed by atoms with van der Waals surface area (Å²) in [5.41, 5.74) is 0. The van der Waals surface area contributed by atoms with Crippen LogP contribution in [0.1, 0.15) is 26.2 Å². The van der Waals surface area contributed by atoms with Gasteiger partial charge in [0.15, 0.2) is 11.5 Å². The maximum atomic E-state index is 5.11. The number of nitrogens with zero attached hydrogens (tertiary/aromatic N) is 1. The maximum Gasteiger partial charge on any atom is 0.204 e.